The van der Waals surface area contributed by atoms with Gasteiger partial charge in [0.25, 0.3) is 0 Å². The molecule has 0 atom stereocenters. The van der Waals surface area contributed by atoms with Crippen LogP contribution in [0.1, 0.15) is 39.5 Å². The predicted octanol–water partition coefficient (Wildman–Crippen LogP) is 4.27. The van der Waals surface area contributed by atoms with E-state index in [1.165, 1.54) is 0 Å². The maximum absolute atomic E-state index is 12.5. The number of rotatable bonds is 7. The minimum absolute atomic E-state index is 0.105. The molecule has 0 fully saturated rings. The van der Waals surface area contributed by atoms with Crippen molar-refractivity contribution in [1.29, 1.82) is 0 Å². The lowest BCUT2D eigenvalue weighted by Gasteiger charge is -2.31. The molecule has 1 rings (SSSR count). The van der Waals surface area contributed by atoms with E-state index < -0.39 is 0 Å². The number of para-hydroxylation sites is 1. The van der Waals surface area contributed by atoms with Crippen molar-refractivity contribution in [2.75, 3.05) is 25.5 Å². The van der Waals surface area contributed by atoms with E-state index in [0.29, 0.717) is 4.48 Å². The molecular weight excluding hydrogens is 236 g/mol. The lowest BCUT2D eigenvalue weighted by Crippen LogP contribution is -2.52. The Balaban J connectivity index is 2.70. The lowest BCUT2D eigenvalue weighted by atomic mass is 10.2. The summed E-state index contributed by atoms with van der Waals surface area (Å²) >= 11 is 0. The zero-order valence-electron chi connectivity index (χ0n) is 12.5. The van der Waals surface area contributed by atoms with Gasteiger partial charge in [-0.2, -0.15) is 0 Å². The number of anilines is 1. The highest BCUT2D eigenvalue weighted by Gasteiger charge is 2.30. The number of hydrogen-bond acceptors (Lipinski definition) is 1. The molecule has 3 nitrogen and oxygen atoms in total. The summed E-state index contributed by atoms with van der Waals surface area (Å²) in [4.78, 5) is 12.5. The molecule has 0 saturated carbocycles. The Hall–Kier alpha value is -1.35. The molecule has 0 bridgehead atoms. The van der Waals surface area contributed by atoms with Crippen LogP contribution < -0.4 is 5.32 Å². The van der Waals surface area contributed by atoms with Gasteiger partial charge >= 0.3 is 6.03 Å². The van der Waals surface area contributed by atoms with Crippen LogP contribution >= 0.6 is 0 Å². The fourth-order valence-electron chi connectivity index (χ4n) is 2.11. The standard InChI is InChI=1S/C16H26N2O/c1-4-6-13-18(3,14-7-5-2)16(19)17-15-11-9-8-10-12-15/h8-12H,4-7,13-14H2,1-3H3/p+1. The first-order valence-corrected chi connectivity index (χ1v) is 7.33. The summed E-state index contributed by atoms with van der Waals surface area (Å²) in [5.41, 5.74) is 0.879. The molecule has 0 unspecified atom stereocenters. The summed E-state index contributed by atoms with van der Waals surface area (Å²) in [6.07, 6.45) is 4.42. The molecule has 1 aromatic carbocycles. The predicted molar refractivity (Wildman–Crippen MR) is 81.2 cm³/mol. The number of amides is 2. The molecule has 2 amide bonds. The van der Waals surface area contributed by atoms with Gasteiger partial charge in [0, 0.05) is 5.69 Å². The molecule has 0 spiro atoms. The fraction of sp³-hybridized carbons (Fsp3) is 0.562. The second-order valence-electron chi connectivity index (χ2n) is 5.35. The molecule has 0 saturated heterocycles. The fourth-order valence-corrected chi connectivity index (χ4v) is 2.11. The average Bonchev–Trinajstić information content (AvgIpc) is 2.44. The van der Waals surface area contributed by atoms with Crippen LogP contribution in [0.2, 0.25) is 0 Å². The van der Waals surface area contributed by atoms with Crippen molar-refractivity contribution in [3.8, 4) is 0 Å². The minimum atomic E-state index is 0.105. The third-order valence-corrected chi connectivity index (χ3v) is 3.53. The maximum atomic E-state index is 12.5. The van der Waals surface area contributed by atoms with Crippen LogP contribution in [0.5, 0.6) is 0 Å². The number of benzene rings is 1. The molecular formula is C16H27N2O+. The molecule has 0 aliphatic rings. The van der Waals surface area contributed by atoms with E-state index in [-0.39, 0.29) is 6.03 Å². The second-order valence-corrected chi connectivity index (χ2v) is 5.35. The Labute approximate surface area is 117 Å². The van der Waals surface area contributed by atoms with Crippen molar-refractivity contribution in [2.45, 2.75) is 39.5 Å². The minimum Gasteiger partial charge on any atom is -0.275 e. The number of carbonyl (C=O) groups excluding carboxylic acids is 1. The summed E-state index contributed by atoms with van der Waals surface area (Å²) in [7, 11) is 2.05. The third-order valence-electron chi connectivity index (χ3n) is 3.53. The number of quaternary nitrogens is 1. The molecule has 1 N–H and O–H groups in total. The van der Waals surface area contributed by atoms with Gasteiger partial charge in [0.05, 0.1) is 20.1 Å². The quantitative estimate of drug-likeness (QED) is 0.731. The van der Waals surface area contributed by atoms with Crippen molar-refractivity contribution in [3.63, 3.8) is 0 Å². The maximum Gasteiger partial charge on any atom is 0.420 e. The van der Waals surface area contributed by atoms with Crippen LogP contribution in [0.4, 0.5) is 10.5 Å². The van der Waals surface area contributed by atoms with Crippen molar-refractivity contribution < 1.29 is 9.28 Å². The van der Waals surface area contributed by atoms with Gasteiger partial charge in [-0.05, 0) is 25.0 Å². The van der Waals surface area contributed by atoms with Gasteiger partial charge in [-0.15, -0.1) is 0 Å². The van der Waals surface area contributed by atoms with Gasteiger partial charge < -0.3 is 0 Å². The first-order chi connectivity index (χ1) is 9.12. The molecule has 19 heavy (non-hydrogen) atoms. The third kappa shape index (κ3) is 5.03. The summed E-state index contributed by atoms with van der Waals surface area (Å²) in [6.45, 7) is 6.16. The van der Waals surface area contributed by atoms with Gasteiger partial charge in [0.2, 0.25) is 0 Å². The van der Waals surface area contributed by atoms with E-state index in [1.807, 2.05) is 37.4 Å². The number of hydrogen-bond donors (Lipinski definition) is 1. The number of nitrogens with zero attached hydrogens (tertiary/aromatic N) is 1. The number of nitrogens with one attached hydrogen (secondary N) is 1. The Morgan fingerprint density at radius 1 is 1.05 bits per heavy atom. The first kappa shape index (κ1) is 15.7. The summed E-state index contributed by atoms with van der Waals surface area (Å²) in [5.74, 6) is 0. The highest BCUT2D eigenvalue weighted by atomic mass is 16.2. The summed E-state index contributed by atoms with van der Waals surface area (Å²) in [6, 6.07) is 9.81. The molecule has 0 aliphatic carbocycles. The van der Waals surface area contributed by atoms with Crippen molar-refractivity contribution >= 4 is 11.7 Å². The van der Waals surface area contributed by atoms with Crippen molar-refractivity contribution in [2.24, 2.45) is 0 Å². The topological polar surface area (TPSA) is 29.1 Å². The Bertz CT molecular complexity index is 368. The summed E-state index contributed by atoms with van der Waals surface area (Å²) < 4.78 is 0.483. The zero-order chi connectivity index (χ0) is 14.1. The van der Waals surface area contributed by atoms with E-state index in [9.17, 15) is 4.79 Å². The first-order valence-electron chi connectivity index (χ1n) is 7.33. The van der Waals surface area contributed by atoms with Crippen LogP contribution in [0, 0.1) is 0 Å². The molecule has 0 radical (unpaired) electrons. The average molecular weight is 263 g/mol. The van der Waals surface area contributed by atoms with Gasteiger partial charge in [-0.3, -0.25) is 5.32 Å². The molecule has 1 aromatic rings. The highest BCUT2D eigenvalue weighted by molar-refractivity contribution is 5.84. The highest BCUT2D eigenvalue weighted by Crippen LogP contribution is 2.14. The van der Waals surface area contributed by atoms with Crippen LogP contribution in [0.15, 0.2) is 30.3 Å². The lowest BCUT2D eigenvalue weighted by molar-refractivity contribution is -0.828. The van der Waals surface area contributed by atoms with E-state index in [4.69, 9.17) is 0 Å². The Morgan fingerprint density at radius 2 is 1.58 bits per heavy atom. The van der Waals surface area contributed by atoms with Gasteiger partial charge in [0.1, 0.15) is 0 Å². The molecule has 0 aliphatic heterocycles. The van der Waals surface area contributed by atoms with E-state index in [0.717, 1.165) is 44.5 Å². The normalized spacial score (nSPS) is 11.3. The van der Waals surface area contributed by atoms with E-state index in [2.05, 4.69) is 19.2 Å². The summed E-state index contributed by atoms with van der Waals surface area (Å²) in [5, 5.41) is 3.03. The second kappa shape index (κ2) is 7.95. The van der Waals surface area contributed by atoms with Crippen LogP contribution in [-0.4, -0.2) is 30.7 Å². The van der Waals surface area contributed by atoms with E-state index in [1.54, 1.807) is 0 Å². The van der Waals surface area contributed by atoms with Crippen LogP contribution in [0.3, 0.4) is 0 Å². The van der Waals surface area contributed by atoms with Crippen molar-refractivity contribution in [1.82, 2.24) is 0 Å². The SMILES string of the molecule is CCCC[N+](C)(CCCC)C(=O)Nc1ccccc1. The smallest absolute Gasteiger partial charge is 0.275 e. The number of urea groups is 1. The largest absolute Gasteiger partial charge is 0.420 e. The molecule has 3 heteroatoms. The Kier molecular flexibility index (Phi) is 6.57. The monoisotopic (exact) mass is 263 g/mol. The number of carbonyl (C=O) groups is 1. The Morgan fingerprint density at radius 3 is 2.05 bits per heavy atom. The molecule has 106 valence electrons. The van der Waals surface area contributed by atoms with Gasteiger partial charge in [-0.1, -0.05) is 44.9 Å². The van der Waals surface area contributed by atoms with Crippen LogP contribution in [-0.2, 0) is 0 Å². The van der Waals surface area contributed by atoms with E-state index >= 15 is 0 Å². The van der Waals surface area contributed by atoms with Crippen molar-refractivity contribution in [3.05, 3.63) is 30.3 Å². The van der Waals surface area contributed by atoms with Gasteiger partial charge in [-0.25, -0.2) is 9.28 Å². The van der Waals surface area contributed by atoms with Crippen LogP contribution in [0.25, 0.3) is 0 Å². The molecule has 0 heterocycles. The molecule has 0 aromatic heterocycles. The zero-order valence-corrected chi connectivity index (χ0v) is 12.5. The van der Waals surface area contributed by atoms with Gasteiger partial charge in [0.15, 0.2) is 0 Å². The number of unbranched alkanes of at least 4 members (excludes halogenated alkanes) is 2.